The number of carboxylic acid groups (broad SMARTS) is 1. The van der Waals surface area contributed by atoms with Crippen molar-refractivity contribution in [3.05, 3.63) is 59.2 Å². The van der Waals surface area contributed by atoms with E-state index in [2.05, 4.69) is 5.32 Å². The molecule has 2 N–H and O–H groups in total. The van der Waals surface area contributed by atoms with Gasteiger partial charge in [0.05, 0.1) is 6.04 Å². The molecule has 0 aliphatic heterocycles. The van der Waals surface area contributed by atoms with Gasteiger partial charge in [0.1, 0.15) is 0 Å². The first-order chi connectivity index (χ1) is 10.8. The van der Waals surface area contributed by atoms with E-state index in [1.165, 1.54) is 12.1 Å². The van der Waals surface area contributed by atoms with Gasteiger partial charge in [0.15, 0.2) is 11.6 Å². The highest BCUT2D eigenvalue weighted by Crippen LogP contribution is 2.46. The number of hydrogen-bond donors (Lipinski definition) is 2. The molecule has 1 aliphatic rings. The Balaban J connectivity index is 2.01. The number of amides is 1. The van der Waals surface area contributed by atoms with E-state index in [0.717, 1.165) is 22.8 Å². The van der Waals surface area contributed by atoms with Crippen LogP contribution in [0, 0.1) is 17.0 Å². The molecule has 0 radical (unpaired) electrons. The van der Waals surface area contributed by atoms with Crippen molar-refractivity contribution in [3.63, 3.8) is 0 Å². The molecule has 3 rings (SSSR count). The van der Waals surface area contributed by atoms with Crippen LogP contribution in [0.1, 0.15) is 31.0 Å². The van der Waals surface area contributed by atoms with Gasteiger partial charge in [0.2, 0.25) is 0 Å². The zero-order valence-electron chi connectivity index (χ0n) is 12.9. The molecule has 0 saturated carbocycles. The second kappa shape index (κ2) is 5.33. The minimum Gasteiger partial charge on any atom is -0.465 e. The molecule has 1 aliphatic carbocycles. The SMILES string of the molecule is CC1(C)Cc2cc(-c3ccc(F)c(F)c3)ccc2C1NC(=O)O. The Morgan fingerprint density at radius 3 is 2.43 bits per heavy atom. The standard InChI is InChI=1S/C18H17F2NO2/c1-18(2)9-12-7-10(11-4-6-14(19)15(20)8-11)3-5-13(12)16(18)21-17(22)23/h3-8,16,21H,9H2,1-2H3,(H,22,23). The molecule has 3 nitrogen and oxygen atoms in total. The summed E-state index contributed by atoms with van der Waals surface area (Å²) in [6.45, 7) is 4.01. The van der Waals surface area contributed by atoms with Gasteiger partial charge in [0.25, 0.3) is 0 Å². The second-order valence-corrected chi connectivity index (χ2v) is 6.59. The lowest BCUT2D eigenvalue weighted by molar-refractivity contribution is 0.175. The van der Waals surface area contributed by atoms with Crippen LogP contribution in [0.5, 0.6) is 0 Å². The zero-order valence-corrected chi connectivity index (χ0v) is 12.9. The van der Waals surface area contributed by atoms with Crippen LogP contribution in [0.2, 0.25) is 0 Å². The van der Waals surface area contributed by atoms with Crippen molar-refractivity contribution < 1.29 is 18.7 Å². The smallest absolute Gasteiger partial charge is 0.405 e. The second-order valence-electron chi connectivity index (χ2n) is 6.59. The van der Waals surface area contributed by atoms with E-state index in [4.69, 9.17) is 5.11 Å². The molecule has 23 heavy (non-hydrogen) atoms. The summed E-state index contributed by atoms with van der Waals surface area (Å²) in [7, 11) is 0. The average molecular weight is 317 g/mol. The normalized spacial score (nSPS) is 18.5. The lowest BCUT2D eigenvalue weighted by Gasteiger charge is -2.27. The topological polar surface area (TPSA) is 49.3 Å². The van der Waals surface area contributed by atoms with Gasteiger partial charge < -0.3 is 10.4 Å². The third-order valence-electron chi connectivity index (χ3n) is 4.40. The van der Waals surface area contributed by atoms with Gasteiger partial charge in [-0.25, -0.2) is 13.6 Å². The van der Waals surface area contributed by atoms with Crippen LogP contribution in [0.15, 0.2) is 36.4 Å². The van der Waals surface area contributed by atoms with E-state index >= 15 is 0 Å². The highest BCUT2D eigenvalue weighted by molar-refractivity contribution is 5.68. The molecule has 1 amide bonds. The van der Waals surface area contributed by atoms with Crippen LogP contribution in [0.4, 0.5) is 13.6 Å². The molecule has 0 heterocycles. The zero-order chi connectivity index (χ0) is 16.8. The maximum Gasteiger partial charge on any atom is 0.405 e. The number of hydrogen-bond acceptors (Lipinski definition) is 1. The average Bonchev–Trinajstić information content (AvgIpc) is 2.71. The van der Waals surface area contributed by atoms with Crippen molar-refractivity contribution in [3.8, 4) is 11.1 Å². The summed E-state index contributed by atoms with van der Waals surface area (Å²) in [5.74, 6) is -1.75. The van der Waals surface area contributed by atoms with Crippen LogP contribution >= 0.6 is 0 Å². The Morgan fingerprint density at radius 1 is 1.13 bits per heavy atom. The van der Waals surface area contributed by atoms with Gasteiger partial charge in [-0.2, -0.15) is 0 Å². The lowest BCUT2D eigenvalue weighted by atomic mass is 9.85. The molecule has 0 spiro atoms. The van der Waals surface area contributed by atoms with Crippen molar-refractivity contribution in [1.82, 2.24) is 5.32 Å². The van der Waals surface area contributed by atoms with Gasteiger partial charge >= 0.3 is 6.09 Å². The Bertz CT molecular complexity index is 787. The van der Waals surface area contributed by atoms with Crippen molar-refractivity contribution in [2.75, 3.05) is 0 Å². The monoisotopic (exact) mass is 317 g/mol. The molecule has 0 fully saturated rings. The number of carbonyl (C=O) groups is 1. The Kier molecular flexibility index (Phi) is 3.59. The number of halogens is 2. The molecular formula is C18H17F2NO2. The summed E-state index contributed by atoms with van der Waals surface area (Å²) >= 11 is 0. The van der Waals surface area contributed by atoms with Crippen LogP contribution in [0.3, 0.4) is 0 Å². The van der Waals surface area contributed by atoms with Crippen molar-refractivity contribution >= 4 is 6.09 Å². The minimum absolute atomic E-state index is 0.243. The quantitative estimate of drug-likeness (QED) is 0.855. The maximum absolute atomic E-state index is 13.4. The number of rotatable bonds is 2. The molecule has 0 aromatic heterocycles. The van der Waals surface area contributed by atoms with E-state index in [9.17, 15) is 13.6 Å². The Labute approximate surface area is 133 Å². The van der Waals surface area contributed by atoms with Crippen LogP contribution in [-0.4, -0.2) is 11.2 Å². The summed E-state index contributed by atoms with van der Waals surface area (Å²) < 4.78 is 26.5. The van der Waals surface area contributed by atoms with Gasteiger partial charge in [-0.1, -0.05) is 38.1 Å². The van der Waals surface area contributed by atoms with E-state index in [1.54, 1.807) is 0 Å². The predicted molar refractivity (Wildman–Crippen MR) is 83.2 cm³/mol. The first-order valence-electron chi connectivity index (χ1n) is 7.35. The fourth-order valence-electron chi connectivity index (χ4n) is 3.31. The largest absolute Gasteiger partial charge is 0.465 e. The first-order valence-corrected chi connectivity index (χ1v) is 7.35. The summed E-state index contributed by atoms with van der Waals surface area (Å²) in [5, 5.41) is 11.6. The van der Waals surface area contributed by atoms with Gasteiger partial charge in [-0.3, -0.25) is 0 Å². The van der Waals surface area contributed by atoms with E-state index < -0.39 is 17.7 Å². The molecule has 0 bridgehead atoms. The molecule has 5 heteroatoms. The maximum atomic E-state index is 13.4. The first kappa shape index (κ1) is 15.5. The molecule has 2 aromatic carbocycles. The fourth-order valence-corrected chi connectivity index (χ4v) is 3.31. The highest BCUT2D eigenvalue weighted by atomic mass is 19.2. The summed E-state index contributed by atoms with van der Waals surface area (Å²) in [6, 6.07) is 9.13. The van der Waals surface area contributed by atoms with Crippen molar-refractivity contribution in [2.24, 2.45) is 5.41 Å². The third-order valence-corrected chi connectivity index (χ3v) is 4.40. The molecule has 2 aromatic rings. The highest BCUT2D eigenvalue weighted by Gasteiger charge is 2.39. The number of fused-ring (bicyclic) bond motifs is 1. The summed E-state index contributed by atoms with van der Waals surface area (Å²) in [6.07, 6.45) is -0.342. The van der Waals surface area contributed by atoms with E-state index in [0.29, 0.717) is 12.0 Å². The summed E-state index contributed by atoms with van der Waals surface area (Å²) in [5.41, 5.74) is 3.10. The van der Waals surface area contributed by atoms with Gasteiger partial charge in [0, 0.05) is 0 Å². The molecular weight excluding hydrogens is 300 g/mol. The Morgan fingerprint density at radius 2 is 1.78 bits per heavy atom. The third kappa shape index (κ3) is 2.79. The predicted octanol–water partition coefficient (Wildman–Crippen LogP) is 4.52. The van der Waals surface area contributed by atoms with Crippen molar-refractivity contribution in [1.29, 1.82) is 0 Å². The van der Waals surface area contributed by atoms with Crippen molar-refractivity contribution in [2.45, 2.75) is 26.3 Å². The number of benzene rings is 2. The summed E-state index contributed by atoms with van der Waals surface area (Å²) in [4.78, 5) is 11.0. The fraction of sp³-hybridized carbons (Fsp3) is 0.278. The lowest BCUT2D eigenvalue weighted by Crippen LogP contribution is -2.34. The van der Waals surface area contributed by atoms with Crippen LogP contribution in [0.25, 0.3) is 11.1 Å². The molecule has 1 atom stereocenters. The molecule has 120 valence electrons. The van der Waals surface area contributed by atoms with E-state index in [-0.39, 0.29) is 11.5 Å². The number of nitrogens with one attached hydrogen (secondary N) is 1. The van der Waals surface area contributed by atoms with Gasteiger partial charge in [-0.15, -0.1) is 0 Å². The Hall–Kier alpha value is -2.43. The van der Waals surface area contributed by atoms with Crippen LogP contribution < -0.4 is 5.32 Å². The van der Waals surface area contributed by atoms with Crippen LogP contribution in [-0.2, 0) is 6.42 Å². The van der Waals surface area contributed by atoms with Gasteiger partial charge in [-0.05, 0) is 46.2 Å². The minimum atomic E-state index is -1.05. The van der Waals surface area contributed by atoms with E-state index in [1.807, 2.05) is 32.0 Å². The molecule has 1 unspecified atom stereocenters. The molecule has 0 saturated heterocycles.